The van der Waals surface area contributed by atoms with E-state index in [0.717, 1.165) is 17.2 Å². The minimum absolute atomic E-state index is 0. The van der Waals surface area contributed by atoms with Crippen LogP contribution in [0.25, 0.3) is 5.32 Å². The Bertz CT molecular complexity index is 858. The van der Waals surface area contributed by atoms with Gasteiger partial charge in [0.1, 0.15) is 11.5 Å². The van der Waals surface area contributed by atoms with Crippen molar-refractivity contribution in [3.63, 3.8) is 0 Å². The standard InChI is InChI=1S/C20H19N2O4.K/c1-24-18-12-19(25-2)22-17(20(18)23)13-21-14-8-10-16(11-9-14)26-15-6-4-3-5-7-15;/h3-12,23H,13H2,1-2H3;/q-1;+1. The third kappa shape index (κ3) is 5.85. The summed E-state index contributed by atoms with van der Waals surface area (Å²) in [6.45, 7) is 0.193. The molecular weight excluding hydrogens is 371 g/mol. The van der Waals surface area contributed by atoms with E-state index >= 15 is 0 Å². The Balaban J connectivity index is 0.00000261. The van der Waals surface area contributed by atoms with E-state index < -0.39 is 0 Å². The summed E-state index contributed by atoms with van der Waals surface area (Å²) < 4.78 is 16.0. The van der Waals surface area contributed by atoms with Crippen molar-refractivity contribution in [1.82, 2.24) is 4.98 Å². The number of hydrogen-bond donors (Lipinski definition) is 1. The van der Waals surface area contributed by atoms with Gasteiger partial charge >= 0.3 is 51.4 Å². The van der Waals surface area contributed by atoms with Gasteiger partial charge in [-0.2, -0.15) is 0 Å². The average Bonchev–Trinajstić information content (AvgIpc) is 2.69. The summed E-state index contributed by atoms with van der Waals surface area (Å²) in [6, 6.07) is 18.4. The van der Waals surface area contributed by atoms with Crippen molar-refractivity contribution in [3.05, 3.63) is 71.7 Å². The predicted octanol–water partition coefficient (Wildman–Crippen LogP) is 1.81. The molecule has 3 aromatic rings. The average molecular weight is 390 g/mol. The van der Waals surface area contributed by atoms with E-state index in [-0.39, 0.29) is 63.7 Å². The Morgan fingerprint density at radius 3 is 2.22 bits per heavy atom. The maximum atomic E-state index is 10.2. The summed E-state index contributed by atoms with van der Waals surface area (Å²) in [7, 11) is 2.98. The summed E-state index contributed by atoms with van der Waals surface area (Å²) >= 11 is 0. The Labute approximate surface area is 200 Å². The van der Waals surface area contributed by atoms with Crippen molar-refractivity contribution in [1.29, 1.82) is 0 Å². The van der Waals surface area contributed by atoms with Gasteiger partial charge in [-0.3, -0.25) is 0 Å². The Kier molecular flexibility index (Phi) is 8.40. The van der Waals surface area contributed by atoms with E-state index in [4.69, 9.17) is 14.2 Å². The van der Waals surface area contributed by atoms with E-state index in [0.29, 0.717) is 17.3 Å². The van der Waals surface area contributed by atoms with Crippen LogP contribution in [0.1, 0.15) is 5.69 Å². The number of ether oxygens (including phenoxy) is 3. The molecule has 0 aliphatic rings. The van der Waals surface area contributed by atoms with Crippen LogP contribution in [0, 0.1) is 0 Å². The summed E-state index contributed by atoms with van der Waals surface area (Å²) in [5.74, 6) is 2.11. The normalized spacial score (nSPS) is 9.85. The van der Waals surface area contributed by atoms with E-state index in [1.807, 2.05) is 54.6 Å². The summed E-state index contributed by atoms with van der Waals surface area (Å²) in [6.07, 6.45) is 0. The van der Waals surface area contributed by atoms with Gasteiger partial charge in [0.15, 0.2) is 11.5 Å². The van der Waals surface area contributed by atoms with E-state index in [9.17, 15) is 5.11 Å². The van der Waals surface area contributed by atoms with Crippen LogP contribution in [-0.4, -0.2) is 24.3 Å². The fraction of sp³-hybridized carbons (Fsp3) is 0.150. The molecule has 0 saturated heterocycles. The van der Waals surface area contributed by atoms with Crippen LogP contribution in [0.5, 0.6) is 28.9 Å². The minimum Gasteiger partial charge on any atom is -0.679 e. The smallest absolute Gasteiger partial charge is 0.679 e. The molecule has 0 unspecified atom stereocenters. The Hall–Kier alpha value is -1.77. The molecule has 0 amide bonds. The number of hydrogen-bond acceptors (Lipinski definition) is 5. The van der Waals surface area contributed by atoms with Crippen molar-refractivity contribution < 1.29 is 70.7 Å². The van der Waals surface area contributed by atoms with E-state index in [2.05, 4.69) is 10.3 Å². The molecule has 0 radical (unpaired) electrons. The topological polar surface area (TPSA) is 74.9 Å². The van der Waals surface area contributed by atoms with Gasteiger partial charge in [-0.15, -0.1) is 5.69 Å². The second-order valence-electron chi connectivity index (χ2n) is 5.39. The Morgan fingerprint density at radius 1 is 0.926 bits per heavy atom. The number of aromatic nitrogens is 1. The third-order valence-corrected chi connectivity index (χ3v) is 3.66. The molecule has 2 aromatic carbocycles. The van der Waals surface area contributed by atoms with E-state index in [1.165, 1.54) is 20.3 Å². The molecule has 1 heterocycles. The molecule has 0 aliphatic heterocycles. The van der Waals surface area contributed by atoms with Crippen molar-refractivity contribution in [3.8, 4) is 28.9 Å². The number of aromatic hydroxyl groups is 1. The number of rotatable bonds is 7. The number of para-hydroxylation sites is 1. The molecule has 7 heteroatoms. The largest absolute Gasteiger partial charge is 1.00 e. The van der Waals surface area contributed by atoms with Gasteiger partial charge in [0.25, 0.3) is 0 Å². The van der Waals surface area contributed by atoms with Crippen molar-refractivity contribution in [2.75, 3.05) is 14.2 Å². The van der Waals surface area contributed by atoms with Gasteiger partial charge in [0, 0.05) is 6.07 Å². The molecule has 1 aromatic heterocycles. The maximum Gasteiger partial charge on any atom is 1.00 e. The van der Waals surface area contributed by atoms with Gasteiger partial charge in [0.05, 0.1) is 19.9 Å². The molecular formula is C20H19KN2O4. The van der Waals surface area contributed by atoms with Crippen LogP contribution in [0.15, 0.2) is 60.7 Å². The van der Waals surface area contributed by atoms with Crippen LogP contribution in [-0.2, 0) is 6.54 Å². The van der Waals surface area contributed by atoms with Crippen LogP contribution in [0.2, 0.25) is 0 Å². The van der Waals surface area contributed by atoms with Gasteiger partial charge in [-0.05, 0) is 24.3 Å². The first-order valence-corrected chi connectivity index (χ1v) is 8.01. The number of benzene rings is 2. The number of methoxy groups -OCH3 is 2. The van der Waals surface area contributed by atoms with Gasteiger partial charge in [0.2, 0.25) is 5.88 Å². The zero-order chi connectivity index (χ0) is 18.4. The molecule has 134 valence electrons. The SMILES string of the molecule is COc1cc(OC)c(O)c(C[N-]c2ccc(Oc3ccccc3)cc2)n1.[K+]. The Morgan fingerprint density at radius 2 is 1.59 bits per heavy atom. The predicted molar refractivity (Wildman–Crippen MR) is 98.7 cm³/mol. The molecule has 0 saturated carbocycles. The molecule has 6 nitrogen and oxygen atoms in total. The van der Waals surface area contributed by atoms with Crippen molar-refractivity contribution >= 4 is 5.69 Å². The zero-order valence-electron chi connectivity index (χ0n) is 15.5. The zero-order valence-corrected chi connectivity index (χ0v) is 18.7. The summed E-state index contributed by atoms with van der Waals surface area (Å²) in [5.41, 5.74) is 1.12. The van der Waals surface area contributed by atoms with E-state index in [1.54, 1.807) is 0 Å². The van der Waals surface area contributed by atoms with Crippen LogP contribution < -0.4 is 65.6 Å². The molecule has 0 fully saturated rings. The monoisotopic (exact) mass is 390 g/mol. The molecule has 27 heavy (non-hydrogen) atoms. The minimum atomic E-state index is -0.0407. The summed E-state index contributed by atoms with van der Waals surface area (Å²) in [5, 5.41) is 14.6. The van der Waals surface area contributed by atoms with Crippen molar-refractivity contribution in [2.45, 2.75) is 6.54 Å². The second-order valence-corrected chi connectivity index (χ2v) is 5.39. The molecule has 1 N–H and O–H groups in total. The first-order chi connectivity index (χ1) is 12.7. The van der Waals surface area contributed by atoms with Gasteiger partial charge in [-0.25, -0.2) is 4.98 Å². The van der Waals surface area contributed by atoms with Crippen LogP contribution >= 0.6 is 0 Å². The molecule has 3 rings (SSSR count). The fourth-order valence-corrected chi connectivity index (χ4v) is 2.32. The van der Waals surface area contributed by atoms with Crippen LogP contribution in [0.3, 0.4) is 0 Å². The molecule has 0 atom stereocenters. The van der Waals surface area contributed by atoms with Gasteiger partial charge in [-0.1, -0.05) is 36.9 Å². The quantitative estimate of drug-likeness (QED) is 0.623. The second kappa shape index (κ2) is 10.5. The fourth-order valence-electron chi connectivity index (χ4n) is 2.32. The molecule has 0 aliphatic carbocycles. The first-order valence-electron chi connectivity index (χ1n) is 8.01. The maximum absolute atomic E-state index is 10.2. The molecule has 0 bridgehead atoms. The third-order valence-electron chi connectivity index (χ3n) is 3.66. The first kappa shape index (κ1) is 21.5. The number of pyridine rings is 1. The van der Waals surface area contributed by atoms with Crippen LogP contribution in [0.4, 0.5) is 5.69 Å². The number of nitrogens with zero attached hydrogens (tertiary/aromatic N) is 2. The molecule has 0 spiro atoms. The van der Waals surface area contributed by atoms with Gasteiger partial charge < -0.3 is 24.6 Å². The summed E-state index contributed by atoms with van der Waals surface area (Å²) in [4.78, 5) is 4.22. The van der Waals surface area contributed by atoms with Crippen molar-refractivity contribution in [2.24, 2.45) is 0 Å².